The van der Waals surface area contributed by atoms with Gasteiger partial charge in [0.25, 0.3) is 0 Å². The number of hydrogen-bond acceptors (Lipinski definition) is 6. The molecule has 0 aliphatic rings. The summed E-state index contributed by atoms with van der Waals surface area (Å²) in [6.07, 6.45) is 0. The summed E-state index contributed by atoms with van der Waals surface area (Å²) < 4.78 is 19.0. The van der Waals surface area contributed by atoms with E-state index in [-0.39, 0.29) is 5.82 Å². The molecule has 2 aromatic carbocycles. The van der Waals surface area contributed by atoms with E-state index in [0.717, 1.165) is 5.56 Å². The number of H-pyrrole nitrogens is 1. The molecule has 0 saturated heterocycles. The lowest BCUT2D eigenvalue weighted by Crippen LogP contribution is -1.85. The predicted molar refractivity (Wildman–Crippen MR) is 96.1 cm³/mol. The third kappa shape index (κ3) is 3.61. The van der Waals surface area contributed by atoms with Gasteiger partial charge in [-0.2, -0.15) is 4.98 Å². The quantitative estimate of drug-likeness (QED) is 0.504. The van der Waals surface area contributed by atoms with Crippen LogP contribution in [0.1, 0.15) is 5.89 Å². The summed E-state index contributed by atoms with van der Waals surface area (Å²) >= 11 is 7.18. The molecule has 0 aliphatic carbocycles. The van der Waals surface area contributed by atoms with E-state index in [0.29, 0.717) is 39.0 Å². The Hall–Kier alpha value is -2.71. The highest BCUT2D eigenvalue weighted by Crippen LogP contribution is 2.25. The van der Waals surface area contributed by atoms with Crippen LogP contribution in [0.4, 0.5) is 4.39 Å². The van der Waals surface area contributed by atoms with Gasteiger partial charge in [0.05, 0.1) is 11.3 Å². The van der Waals surface area contributed by atoms with E-state index in [1.54, 1.807) is 30.3 Å². The number of thioether (sulfide) groups is 1. The van der Waals surface area contributed by atoms with E-state index in [9.17, 15) is 4.39 Å². The molecule has 0 unspecified atom stereocenters. The van der Waals surface area contributed by atoms with Crippen molar-refractivity contribution < 1.29 is 8.91 Å². The number of benzene rings is 2. The zero-order valence-electron chi connectivity index (χ0n) is 13.2. The highest BCUT2D eigenvalue weighted by atomic mass is 35.5. The van der Waals surface area contributed by atoms with Crippen molar-refractivity contribution in [2.45, 2.75) is 10.9 Å². The van der Waals surface area contributed by atoms with Crippen LogP contribution >= 0.6 is 23.4 Å². The van der Waals surface area contributed by atoms with Crippen LogP contribution < -0.4 is 0 Å². The molecule has 0 aliphatic heterocycles. The van der Waals surface area contributed by atoms with Gasteiger partial charge in [0, 0.05) is 10.6 Å². The van der Waals surface area contributed by atoms with E-state index in [2.05, 4.69) is 25.3 Å². The molecular weight excluding hydrogens is 377 g/mol. The summed E-state index contributed by atoms with van der Waals surface area (Å²) in [5.41, 5.74) is 1.18. The van der Waals surface area contributed by atoms with Gasteiger partial charge in [-0.1, -0.05) is 40.7 Å². The minimum Gasteiger partial charge on any atom is -0.338 e. The van der Waals surface area contributed by atoms with Crippen molar-refractivity contribution in [3.05, 3.63) is 65.3 Å². The van der Waals surface area contributed by atoms with Crippen LogP contribution in [0.25, 0.3) is 22.8 Å². The number of aromatic amines is 1. The summed E-state index contributed by atoms with van der Waals surface area (Å²) in [5, 5.41) is 11.9. The Labute approximate surface area is 156 Å². The van der Waals surface area contributed by atoms with Crippen molar-refractivity contribution in [2.24, 2.45) is 0 Å². The van der Waals surface area contributed by atoms with Gasteiger partial charge < -0.3 is 4.52 Å². The molecule has 26 heavy (non-hydrogen) atoms. The molecule has 2 aromatic heterocycles. The van der Waals surface area contributed by atoms with Crippen molar-refractivity contribution in [1.29, 1.82) is 0 Å². The van der Waals surface area contributed by atoms with E-state index < -0.39 is 0 Å². The van der Waals surface area contributed by atoms with Crippen LogP contribution in [0.5, 0.6) is 0 Å². The van der Waals surface area contributed by atoms with Gasteiger partial charge in [0.15, 0.2) is 5.82 Å². The van der Waals surface area contributed by atoms with E-state index >= 15 is 0 Å². The van der Waals surface area contributed by atoms with E-state index in [1.165, 1.54) is 17.8 Å². The first-order valence-corrected chi connectivity index (χ1v) is 8.94. The lowest BCUT2D eigenvalue weighted by Gasteiger charge is -1.96. The van der Waals surface area contributed by atoms with E-state index in [1.807, 2.05) is 12.1 Å². The molecule has 0 atom stereocenters. The Balaban J connectivity index is 1.44. The summed E-state index contributed by atoms with van der Waals surface area (Å²) in [6.45, 7) is 0. The van der Waals surface area contributed by atoms with Gasteiger partial charge in [-0.25, -0.2) is 9.37 Å². The monoisotopic (exact) mass is 387 g/mol. The van der Waals surface area contributed by atoms with Gasteiger partial charge in [-0.15, -0.1) is 5.10 Å². The molecule has 0 fully saturated rings. The molecule has 6 nitrogen and oxygen atoms in total. The first kappa shape index (κ1) is 16.7. The Morgan fingerprint density at radius 2 is 1.88 bits per heavy atom. The van der Waals surface area contributed by atoms with Gasteiger partial charge in [-0.05, 0) is 36.4 Å². The normalized spacial score (nSPS) is 11.0. The SMILES string of the molecule is Fc1ccccc1-c1nc(SCc2nc(-c3ccc(Cl)cc3)no2)n[nH]1. The number of rotatable bonds is 5. The molecule has 0 spiro atoms. The minimum absolute atomic E-state index is 0.357. The fraction of sp³-hybridized carbons (Fsp3) is 0.0588. The second-order valence-electron chi connectivity index (χ2n) is 5.25. The largest absolute Gasteiger partial charge is 0.338 e. The molecule has 0 amide bonds. The molecule has 2 heterocycles. The summed E-state index contributed by atoms with van der Waals surface area (Å²) in [5.74, 6) is 1.34. The fourth-order valence-electron chi connectivity index (χ4n) is 2.24. The molecule has 9 heteroatoms. The van der Waals surface area contributed by atoms with Crippen LogP contribution in [-0.2, 0) is 5.75 Å². The molecule has 0 saturated carbocycles. The Morgan fingerprint density at radius 1 is 1.08 bits per heavy atom. The highest BCUT2D eigenvalue weighted by Gasteiger charge is 2.13. The standard InChI is InChI=1S/C17H11ClFN5OS/c18-11-7-5-10(6-8-11)15-20-14(25-24-15)9-26-17-21-16(22-23-17)12-3-1-2-4-13(12)19/h1-8H,9H2,(H,21,22,23). The maximum atomic E-state index is 13.8. The average Bonchev–Trinajstić information content (AvgIpc) is 3.30. The zero-order valence-corrected chi connectivity index (χ0v) is 14.8. The van der Waals surface area contributed by atoms with Crippen LogP contribution in [-0.4, -0.2) is 25.3 Å². The van der Waals surface area contributed by atoms with Crippen molar-refractivity contribution in [2.75, 3.05) is 0 Å². The van der Waals surface area contributed by atoms with Gasteiger partial charge in [0.2, 0.25) is 16.9 Å². The van der Waals surface area contributed by atoms with Crippen LogP contribution in [0.3, 0.4) is 0 Å². The smallest absolute Gasteiger partial charge is 0.237 e. The molecule has 130 valence electrons. The van der Waals surface area contributed by atoms with Crippen molar-refractivity contribution in [3.8, 4) is 22.8 Å². The van der Waals surface area contributed by atoms with Crippen molar-refractivity contribution in [1.82, 2.24) is 25.3 Å². The van der Waals surface area contributed by atoms with E-state index in [4.69, 9.17) is 16.1 Å². The first-order chi connectivity index (χ1) is 12.7. The second-order valence-corrected chi connectivity index (χ2v) is 6.63. The molecule has 4 aromatic rings. The van der Waals surface area contributed by atoms with Gasteiger partial charge >= 0.3 is 0 Å². The van der Waals surface area contributed by atoms with Crippen LogP contribution in [0.2, 0.25) is 5.02 Å². The Bertz CT molecular complexity index is 1030. The number of aromatic nitrogens is 5. The fourth-order valence-corrected chi connectivity index (χ4v) is 3.00. The third-order valence-electron chi connectivity index (χ3n) is 3.49. The van der Waals surface area contributed by atoms with Gasteiger partial charge in [-0.3, -0.25) is 5.10 Å². The molecule has 0 bridgehead atoms. The lowest BCUT2D eigenvalue weighted by molar-refractivity contribution is 0.391. The maximum Gasteiger partial charge on any atom is 0.237 e. The minimum atomic E-state index is -0.357. The number of nitrogens with one attached hydrogen (secondary N) is 1. The number of hydrogen-bond donors (Lipinski definition) is 1. The maximum absolute atomic E-state index is 13.8. The molecule has 1 N–H and O–H groups in total. The summed E-state index contributed by atoms with van der Waals surface area (Å²) in [6, 6.07) is 13.5. The molecule has 4 rings (SSSR count). The number of halogens is 2. The average molecular weight is 388 g/mol. The molecular formula is C17H11ClFN5OS. The van der Waals surface area contributed by atoms with Crippen molar-refractivity contribution in [3.63, 3.8) is 0 Å². The second kappa shape index (κ2) is 7.27. The van der Waals surface area contributed by atoms with Crippen LogP contribution in [0, 0.1) is 5.82 Å². The zero-order chi connectivity index (χ0) is 17.9. The number of nitrogens with zero attached hydrogens (tertiary/aromatic N) is 4. The lowest BCUT2D eigenvalue weighted by atomic mass is 10.2. The third-order valence-corrected chi connectivity index (χ3v) is 4.57. The topological polar surface area (TPSA) is 80.5 Å². The predicted octanol–water partition coefficient (Wildman–Crippen LogP) is 4.61. The first-order valence-electron chi connectivity index (χ1n) is 7.57. The Kier molecular flexibility index (Phi) is 4.68. The summed E-state index contributed by atoms with van der Waals surface area (Å²) in [7, 11) is 0. The van der Waals surface area contributed by atoms with Crippen LogP contribution in [0.15, 0.2) is 58.2 Å². The highest BCUT2D eigenvalue weighted by molar-refractivity contribution is 7.98. The molecule has 0 radical (unpaired) electrons. The Morgan fingerprint density at radius 3 is 2.69 bits per heavy atom. The summed E-state index contributed by atoms with van der Waals surface area (Å²) in [4.78, 5) is 8.62. The van der Waals surface area contributed by atoms with Crippen molar-refractivity contribution >= 4 is 23.4 Å². The van der Waals surface area contributed by atoms with Gasteiger partial charge in [0.1, 0.15) is 5.82 Å².